The van der Waals surface area contributed by atoms with Crippen LogP contribution in [0.4, 0.5) is 4.79 Å². The van der Waals surface area contributed by atoms with Crippen molar-refractivity contribution in [3.63, 3.8) is 0 Å². The first kappa shape index (κ1) is 26.3. The van der Waals surface area contributed by atoms with E-state index in [-0.39, 0.29) is 30.1 Å². The number of rotatable bonds is 6. The lowest BCUT2D eigenvalue weighted by Crippen LogP contribution is -2.44. The molecule has 0 spiro atoms. The number of H-pyrrole nitrogens is 1. The minimum atomic E-state index is -0.274. The number of hydrogen-bond acceptors (Lipinski definition) is 4. The Morgan fingerprint density at radius 3 is 2.51 bits per heavy atom. The second-order valence-corrected chi connectivity index (χ2v) is 10.1. The summed E-state index contributed by atoms with van der Waals surface area (Å²) in [5.74, 6) is 0.605. The third-order valence-electron chi connectivity index (χ3n) is 7.54. The number of carbonyl (C=O) groups excluding carboxylic acids is 2. The van der Waals surface area contributed by atoms with Gasteiger partial charge in [-0.25, -0.2) is 4.79 Å². The van der Waals surface area contributed by atoms with E-state index in [0.29, 0.717) is 28.5 Å². The van der Waals surface area contributed by atoms with Gasteiger partial charge in [0.25, 0.3) is 11.5 Å². The zero-order chi connectivity index (χ0) is 26.9. The highest BCUT2D eigenvalue weighted by molar-refractivity contribution is 6.08. The molecular formula is C28H37N5O4. The van der Waals surface area contributed by atoms with E-state index in [0.717, 1.165) is 42.5 Å². The molecule has 3 heterocycles. The molecule has 2 N–H and O–H groups in total. The van der Waals surface area contributed by atoms with Crippen molar-refractivity contribution in [2.75, 3.05) is 34.3 Å². The molecule has 0 radical (unpaired) electrons. The molecule has 1 aliphatic heterocycles. The highest BCUT2D eigenvalue weighted by Crippen LogP contribution is 2.36. The van der Waals surface area contributed by atoms with Gasteiger partial charge in [-0.15, -0.1) is 0 Å². The first-order valence-corrected chi connectivity index (χ1v) is 12.7. The molecule has 1 saturated heterocycles. The van der Waals surface area contributed by atoms with Crippen LogP contribution in [0.25, 0.3) is 10.9 Å². The highest BCUT2D eigenvalue weighted by atomic mass is 16.5. The number of aromatic nitrogens is 2. The number of para-hydroxylation sites is 1. The first-order valence-electron chi connectivity index (χ1n) is 12.7. The van der Waals surface area contributed by atoms with Crippen LogP contribution in [-0.2, 0) is 6.54 Å². The van der Waals surface area contributed by atoms with Gasteiger partial charge in [0.1, 0.15) is 5.75 Å². The fourth-order valence-corrected chi connectivity index (χ4v) is 5.56. The van der Waals surface area contributed by atoms with Crippen LogP contribution in [0.15, 0.2) is 35.1 Å². The van der Waals surface area contributed by atoms with E-state index in [9.17, 15) is 14.4 Å². The molecule has 4 rings (SSSR count). The predicted octanol–water partition coefficient (Wildman–Crippen LogP) is 3.84. The van der Waals surface area contributed by atoms with Gasteiger partial charge in [-0.1, -0.05) is 18.2 Å². The molecule has 2 aromatic heterocycles. The number of nitrogens with one attached hydrogen (secondary N) is 2. The zero-order valence-electron chi connectivity index (χ0n) is 22.6. The number of pyridine rings is 1. The van der Waals surface area contributed by atoms with Crippen LogP contribution in [0.1, 0.15) is 53.1 Å². The van der Waals surface area contributed by atoms with Gasteiger partial charge < -0.3 is 29.4 Å². The molecule has 3 amide bonds. The lowest BCUT2D eigenvalue weighted by molar-refractivity contribution is 0.0950. The number of hydrogen-bond donors (Lipinski definition) is 2. The second kappa shape index (κ2) is 10.7. The van der Waals surface area contributed by atoms with Crippen LogP contribution >= 0.6 is 0 Å². The third-order valence-corrected chi connectivity index (χ3v) is 7.54. The number of aryl methyl sites for hydroxylation is 1. The van der Waals surface area contributed by atoms with Gasteiger partial charge in [0.2, 0.25) is 0 Å². The van der Waals surface area contributed by atoms with Crippen LogP contribution in [0, 0.1) is 19.8 Å². The van der Waals surface area contributed by atoms with Crippen molar-refractivity contribution >= 4 is 22.8 Å². The Kier molecular flexibility index (Phi) is 7.61. The van der Waals surface area contributed by atoms with Crippen LogP contribution in [0.3, 0.4) is 0 Å². The normalized spacial score (nSPS) is 15.0. The summed E-state index contributed by atoms with van der Waals surface area (Å²) in [4.78, 5) is 44.7. The fourth-order valence-electron chi connectivity index (χ4n) is 5.56. The average Bonchev–Trinajstić information content (AvgIpc) is 3.18. The number of benzene rings is 1. The highest BCUT2D eigenvalue weighted by Gasteiger charge is 2.30. The molecule has 1 aliphatic rings. The number of likely N-dealkylation sites (tertiary alicyclic amines) is 1. The van der Waals surface area contributed by atoms with E-state index in [4.69, 9.17) is 4.74 Å². The van der Waals surface area contributed by atoms with Crippen molar-refractivity contribution < 1.29 is 14.3 Å². The lowest BCUT2D eigenvalue weighted by Gasteiger charge is -2.37. The molecule has 0 saturated carbocycles. The molecule has 1 fully saturated rings. The average molecular weight is 508 g/mol. The summed E-state index contributed by atoms with van der Waals surface area (Å²) < 4.78 is 7.64. The number of fused-ring (bicyclic) bond motifs is 1. The number of carbonyl (C=O) groups is 2. The molecule has 0 bridgehead atoms. The summed E-state index contributed by atoms with van der Waals surface area (Å²) in [5.41, 5.74) is 3.32. The van der Waals surface area contributed by atoms with Crippen molar-refractivity contribution in [2.45, 2.75) is 46.2 Å². The maximum atomic E-state index is 13.5. The van der Waals surface area contributed by atoms with Crippen LogP contribution in [0.2, 0.25) is 0 Å². The third kappa shape index (κ3) is 5.08. The summed E-state index contributed by atoms with van der Waals surface area (Å²) in [6.07, 6.45) is 1.81. The summed E-state index contributed by atoms with van der Waals surface area (Å²) in [6, 6.07) is 9.90. The SMILES string of the molecule is COc1cc(C)[nH]c(=O)c1CNC(=O)c1c(C)n(C(C)C2CCN(C(=O)N(C)C)CC2)c2ccccc12. The number of piperidine rings is 1. The smallest absolute Gasteiger partial charge is 0.319 e. The molecule has 37 heavy (non-hydrogen) atoms. The molecule has 9 heteroatoms. The minimum Gasteiger partial charge on any atom is -0.496 e. The van der Waals surface area contributed by atoms with Crippen LogP contribution < -0.4 is 15.6 Å². The van der Waals surface area contributed by atoms with E-state index < -0.39 is 0 Å². The Labute approximate surface area is 217 Å². The Morgan fingerprint density at radius 2 is 1.86 bits per heavy atom. The number of methoxy groups -OCH3 is 1. The van der Waals surface area contributed by atoms with Gasteiger partial charge in [-0.3, -0.25) is 9.59 Å². The van der Waals surface area contributed by atoms with Gasteiger partial charge in [0.05, 0.1) is 24.8 Å². The molecule has 0 aliphatic carbocycles. The monoisotopic (exact) mass is 507 g/mol. The van der Waals surface area contributed by atoms with Gasteiger partial charge in [0, 0.05) is 55.5 Å². The predicted molar refractivity (Wildman–Crippen MR) is 144 cm³/mol. The largest absolute Gasteiger partial charge is 0.496 e. The maximum Gasteiger partial charge on any atom is 0.319 e. The Morgan fingerprint density at radius 1 is 1.19 bits per heavy atom. The molecule has 1 unspecified atom stereocenters. The lowest BCUT2D eigenvalue weighted by atomic mass is 9.90. The van der Waals surface area contributed by atoms with Gasteiger partial charge in [-0.2, -0.15) is 0 Å². The van der Waals surface area contributed by atoms with E-state index in [2.05, 4.69) is 21.8 Å². The number of amides is 3. The van der Waals surface area contributed by atoms with Crippen molar-refractivity contribution in [1.29, 1.82) is 0 Å². The number of aromatic amines is 1. The molecule has 1 aromatic carbocycles. The van der Waals surface area contributed by atoms with E-state index in [1.54, 1.807) is 32.0 Å². The molecule has 3 aromatic rings. The second-order valence-electron chi connectivity index (χ2n) is 10.1. The molecule has 198 valence electrons. The Bertz CT molecular complexity index is 1360. The van der Waals surface area contributed by atoms with Crippen molar-refractivity contribution in [1.82, 2.24) is 24.7 Å². The summed E-state index contributed by atoms with van der Waals surface area (Å²) >= 11 is 0. The fraction of sp³-hybridized carbons (Fsp3) is 0.464. The molecule has 1 atom stereocenters. The van der Waals surface area contributed by atoms with E-state index in [1.165, 1.54) is 7.11 Å². The van der Waals surface area contributed by atoms with E-state index >= 15 is 0 Å². The van der Waals surface area contributed by atoms with Crippen molar-refractivity contribution in [3.05, 3.63) is 63.2 Å². The quantitative estimate of drug-likeness (QED) is 0.530. The summed E-state index contributed by atoms with van der Waals surface area (Å²) in [5, 5.41) is 3.83. The minimum absolute atomic E-state index is 0.0525. The molecular weight excluding hydrogens is 470 g/mol. The standard InChI is InChI=1S/C28H37N5O4/c1-17-15-24(37-6)22(26(34)30-17)16-29-27(35)25-19(3)33(23-10-8-7-9-21(23)25)18(2)20-11-13-32(14-12-20)28(36)31(4)5/h7-10,15,18,20H,11-14,16H2,1-6H3,(H,29,35)(H,30,34). The Balaban J connectivity index is 1.59. The molecule has 9 nitrogen and oxygen atoms in total. The van der Waals surface area contributed by atoms with Crippen LogP contribution in [-0.4, -0.2) is 65.6 Å². The van der Waals surface area contributed by atoms with E-state index in [1.807, 2.05) is 36.1 Å². The van der Waals surface area contributed by atoms with Gasteiger partial charge in [-0.05, 0) is 51.7 Å². The van der Waals surface area contributed by atoms with Gasteiger partial charge >= 0.3 is 6.03 Å². The van der Waals surface area contributed by atoms with Crippen molar-refractivity contribution in [3.8, 4) is 5.75 Å². The van der Waals surface area contributed by atoms with Crippen molar-refractivity contribution in [2.24, 2.45) is 5.92 Å². The Hall–Kier alpha value is -3.75. The number of ether oxygens (including phenoxy) is 1. The van der Waals surface area contributed by atoms with Gasteiger partial charge in [0.15, 0.2) is 0 Å². The topological polar surface area (TPSA) is 99.7 Å². The van der Waals surface area contributed by atoms with Crippen LogP contribution in [0.5, 0.6) is 5.75 Å². The zero-order valence-corrected chi connectivity index (χ0v) is 22.6. The maximum absolute atomic E-state index is 13.5. The summed E-state index contributed by atoms with van der Waals surface area (Å²) in [6.45, 7) is 7.48. The summed E-state index contributed by atoms with van der Waals surface area (Å²) in [7, 11) is 5.08. The first-order chi connectivity index (χ1) is 17.6. The number of urea groups is 1. The number of nitrogens with zero attached hydrogens (tertiary/aromatic N) is 3.